The molecule has 6 nitrogen and oxygen atoms in total. The summed E-state index contributed by atoms with van der Waals surface area (Å²) in [5.41, 5.74) is -0.0608. The van der Waals surface area contributed by atoms with Crippen LogP contribution in [0.5, 0.6) is 11.5 Å². The van der Waals surface area contributed by atoms with Crippen molar-refractivity contribution in [1.29, 1.82) is 0 Å². The first-order chi connectivity index (χ1) is 8.07. The zero-order valence-corrected chi connectivity index (χ0v) is 11.4. The van der Waals surface area contributed by atoms with Crippen molar-refractivity contribution in [2.24, 2.45) is 0 Å². The summed E-state index contributed by atoms with van der Waals surface area (Å²) in [6.07, 6.45) is 0.562. The van der Waals surface area contributed by atoms with Gasteiger partial charge in [0.25, 0.3) is 0 Å². The van der Waals surface area contributed by atoms with Gasteiger partial charge in [-0.3, -0.25) is 14.9 Å². The second-order valence-electron chi connectivity index (χ2n) is 3.12. The van der Waals surface area contributed by atoms with Crippen LogP contribution in [0.25, 0.3) is 0 Å². The highest BCUT2D eigenvalue weighted by atomic mass is 79.9. The molecule has 17 heavy (non-hydrogen) atoms. The quantitative estimate of drug-likeness (QED) is 0.456. The topological polar surface area (TPSA) is 78.7 Å². The van der Waals surface area contributed by atoms with Gasteiger partial charge >= 0.3 is 5.69 Å². The molecule has 8 heteroatoms. The summed E-state index contributed by atoms with van der Waals surface area (Å²) in [6, 6.07) is 0. The van der Waals surface area contributed by atoms with E-state index in [0.717, 1.165) is 0 Å². The van der Waals surface area contributed by atoms with E-state index in [1.165, 1.54) is 0 Å². The second-order valence-corrected chi connectivity index (χ2v) is 4.71. The van der Waals surface area contributed by atoms with E-state index in [4.69, 9.17) is 9.47 Å². The van der Waals surface area contributed by atoms with Gasteiger partial charge in [-0.05, 0) is 31.9 Å². The van der Waals surface area contributed by atoms with Crippen molar-refractivity contribution in [3.8, 4) is 11.5 Å². The lowest BCUT2D eigenvalue weighted by Gasteiger charge is -2.20. The Kier molecular flexibility index (Phi) is 3.34. The lowest BCUT2D eigenvalue weighted by atomic mass is 10.1. The third kappa shape index (κ3) is 1.91. The van der Waals surface area contributed by atoms with E-state index in [2.05, 4.69) is 31.9 Å². The Morgan fingerprint density at radius 1 is 1.18 bits per heavy atom. The van der Waals surface area contributed by atoms with Crippen molar-refractivity contribution in [3.63, 3.8) is 0 Å². The number of nitrogens with zero attached hydrogens (tertiary/aromatic N) is 1. The first-order valence-corrected chi connectivity index (χ1v) is 6.06. The smallest absolute Gasteiger partial charge is 0.330 e. The second kappa shape index (κ2) is 4.61. The fourth-order valence-electron chi connectivity index (χ4n) is 1.48. The summed E-state index contributed by atoms with van der Waals surface area (Å²) in [5.74, 6) is 0.0893. The van der Waals surface area contributed by atoms with Crippen LogP contribution in [0.15, 0.2) is 8.95 Å². The van der Waals surface area contributed by atoms with Gasteiger partial charge < -0.3 is 9.47 Å². The molecule has 0 fully saturated rings. The highest BCUT2D eigenvalue weighted by molar-refractivity contribution is 9.13. The Morgan fingerprint density at radius 3 is 2.29 bits per heavy atom. The molecule has 1 aliphatic heterocycles. The summed E-state index contributed by atoms with van der Waals surface area (Å²) in [5, 5.41) is 11.0. The lowest BCUT2D eigenvalue weighted by Crippen LogP contribution is -2.18. The lowest BCUT2D eigenvalue weighted by molar-refractivity contribution is -0.387. The number of carbonyl (C=O) groups is 1. The molecule has 0 saturated heterocycles. The average Bonchev–Trinajstić information content (AvgIpc) is 2.30. The van der Waals surface area contributed by atoms with Gasteiger partial charge in [-0.15, -0.1) is 0 Å². The maximum absolute atomic E-state index is 11.0. The first kappa shape index (κ1) is 12.3. The van der Waals surface area contributed by atoms with Crippen molar-refractivity contribution >= 4 is 43.8 Å². The third-order valence-corrected chi connectivity index (χ3v) is 4.31. The SMILES string of the molecule is O=Cc1c(Br)c(Br)c([N+](=O)[O-])c2c1OCCO2. The molecule has 90 valence electrons. The van der Waals surface area contributed by atoms with E-state index in [1.54, 1.807) is 0 Å². The summed E-state index contributed by atoms with van der Waals surface area (Å²) >= 11 is 6.19. The van der Waals surface area contributed by atoms with Gasteiger partial charge in [-0.1, -0.05) is 0 Å². The molecule has 0 amide bonds. The van der Waals surface area contributed by atoms with Crippen LogP contribution in [0, 0.1) is 10.1 Å². The normalized spacial score (nSPS) is 13.3. The van der Waals surface area contributed by atoms with Gasteiger partial charge in [0.05, 0.1) is 15.0 Å². The Bertz CT molecular complexity index is 517. The molecule has 0 spiro atoms. The molecule has 0 N–H and O–H groups in total. The van der Waals surface area contributed by atoms with Crippen LogP contribution in [0.3, 0.4) is 0 Å². The molecule has 1 heterocycles. The summed E-state index contributed by atoms with van der Waals surface area (Å²) in [7, 11) is 0. The Balaban J connectivity index is 2.82. The predicted molar refractivity (Wildman–Crippen MR) is 64.9 cm³/mol. The van der Waals surface area contributed by atoms with Gasteiger partial charge in [0.15, 0.2) is 12.0 Å². The van der Waals surface area contributed by atoms with Crippen LogP contribution in [-0.4, -0.2) is 24.4 Å². The molecular formula is C9H5Br2NO5. The van der Waals surface area contributed by atoms with Gasteiger partial charge in [0, 0.05) is 0 Å². The van der Waals surface area contributed by atoms with E-state index in [-0.39, 0.29) is 44.9 Å². The molecule has 0 saturated carbocycles. The molecule has 1 aliphatic rings. The number of halogens is 2. The Labute approximate surface area is 112 Å². The summed E-state index contributed by atoms with van der Waals surface area (Å²) < 4.78 is 10.9. The minimum atomic E-state index is -0.586. The number of carbonyl (C=O) groups excluding carboxylic acids is 1. The number of benzene rings is 1. The van der Waals surface area contributed by atoms with E-state index >= 15 is 0 Å². The Hall–Kier alpha value is -1.15. The molecule has 0 radical (unpaired) electrons. The van der Waals surface area contributed by atoms with Crippen molar-refractivity contribution in [2.45, 2.75) is 0 Å². The zero-order chi connectivity index (χ0) is 12.6. The van der Waals surface area contributed by atoms with Crippen LogP contribution in [-0.2, 0) is 0 Å². The molecule has 1 aromatic rings. The van der Waals surface area contributed by atoms with Crippen LogP contribution in [0.4, 0.5) is 5.69 Å². The molecule has 1 aromatic carbocycles. The molecular weight excluding hydrogens is 362 g/mol. The van der Waals surface area contributed by atoms with E-state index in [0.29, 0.717) is 6.29 Å². The number of rotatable bonds is 2. The van der Waals surface area contributed by atoms with Crippen molar-refractivity contribution in [1.82, 2.24) is 0 Å². The first-order valence-electron chi connectivity index (χ1n) is 4.48. The Morgan fingerprint density at radius 2 is 1.76 bits per heavy atom. The van der Waals surface area contributed by atoms with E-state index in [9.17, 15) is 14.9 Å². The number of nitro benzene ring substituents is 1. The molecule has 2 rings (SSSR count). The van der Waals surface area contributed by atoms with E-state index in [1.807, 2.05) is 0 Å². The van der Waals surface area contributed by atoms with Crippen molar-refractivity contribution in [3.05, 3.63) is 24.6 Å². The monoisotopic (exact) mass is 365 g/mol. The summed E-state index contributed by atoms with van der Waals surface area (Å²) in [6.45, 7) is 0.458. The molecule has 0 bridgehead atoms. The maximum Gasteiger partial charge on any atom is 0.330 e. The highest BCUT2D eigenvalue weighted by Gasteiger charge is 2.33. The van der Waals surface area contributed by atoms with Crippen molar-refractivity contribution < 1.29 is 19.2 Å². The van der Waals surface area contributed by atoms with Crippen LogP contribution in [0.1, 0.15) is 10.4 Å². The number of nitro groups is 1. The average molecular weight is 367 g/mol. The van der Waals surface area contributed by atoms with Gasteiger partial charge in [0.2, 0.25) is 5.75 Å². The molecule has 0 aromatic heterocycles. The number of fused-ring (bicyclic) bond motifs is 1. The number of aldehydes is 1. The highest BCUT2D eigenvalue weighted by Crippen LogP contribution is 2.50. The number of ether oxygens (including phenoxy) is 2. The predicted octanol–water partition coefficient (Wildman–Crippen LogP) is 2.70. The van der Waals surface area contributed by atoms with Crippen molar-refractivity contribution in [2.75, 3.05) is 13.2 Å². The molecule has 0 unspecified atom stereocenters. The largest absolute Gasteiger partial charge is 0.485 e. The number of hydrogen-bond acceptors (Lipinski definition) is 5. The maximum atomic E-state index is 11.0. The third-order valence-electron chi connectivity index (χ3n) is 2.18. The fourth-order valence-corrected chi connectivity index (χ4v) is 2.48. The van der Waals surface area contributed by atoms with Gasteiger partial charge in [0.1, 0.15) is 17.7 Å². The van der Waals surface area contributed by atoms with Gasteiger partial charge in [-0.2, -0.15) is 0 Å². The standard InChI is InChI=1S/C9H5Br2NO5/c10-5-4(3-13)8-9(17-2-1-16-8)7(6(5)11)12(14)15/h3H,1-2H2. The molecule has 0 atom stereocenters. The molecule has 0 aliphatic carbocycles. The van der Waals surface area contributed by atoms with Gasteiger partial charge in [-0.25, -0.2) is 0 Å². The van der Waals surface area contributed by atoms with E-state index < -0.39 is 4.92 Å². The fraction of sp³-hybridized carbons (Fsp3) is 0.222. The summed E-state index contributed by atoms with van der Waals surface area (Å²) in [4.78, 5) is 21.4. The van der Waals surface area contributed by atoms with Crippen LogP contribution in [0.2, 0.25) is 0 Å². The number of hydrogen-bond donors (Lipinski definition) is 0. The zero-order valence-electron chi connectivity index (χ0n) is 8.24. The van der Waals surface area contributed by atoms with Crippen LogP contribution < -0.4 is 9.47 Å². The minimum absolute atomic E-state index is 0.0153. The minimum Gasteiger partial charge on any atom is -0.485 e. The van der Waals surface area contributed by atoms with Crippen LogP contribution >= 0.6 is 31.9 Å².